The lowest BCUT2D eigenvalue weighted by atomic mass is 10.1. The number of aromatic nitrogens is 1. The van der Waals surface area contributed by atoms with Crippen LogP contribution in [0, 0.1) is 13.8 Å². The van der Waals surface area contributed by atoms with Gasteiger partial charge in [0, 0.05) is 22.6 Å². The van der Waals surface area contributed by atoms with Gasteiger partial charge in [-0.1, -0.05) is 29.8 Å². The molecule has 156 valence electrons. The number of aryl methyl sites for hydroxylation is 1. The number of ether oxygens (including phenoxy) is 1. The van der Waals surface area contributed by atoms with E-state index in [4.69, 9.17) is 21.5 Å². The number of nitrogens with zero attached hydrogens (tertiary/aromatic N) is 1. The van der Waals surface area contributed by atoms with Gasteiger partial charge in [-0.2, -0.15) is 0 Å². The van der Waals surface area contributed by atoms with Crippen LogP contribution in [0.2, 0.25) is 5.02 Å². The Bertz CT molecular complexity index is 1230. The van der Waals surface area contributed by atoms with Gasteiger partial charge in [-0.05, 0) is 50.2 Å². The number of benzene rings is 2. The maximum Gasteiger partial charge on any atom is 0.340 e. The fraction of sp³-hybridized carbons (Fsp3) is 0.143. The van der Waals surface area contributed by atoms with Crippen molar-refractivity contribution in [2.45, 2.75) is 18.7 Å². The highest BCUT2D eigenvalue weighted by molar-refractivity contribution is 7.89. The average molecular weight is 447 g/mol. The number of halogens is 1. The van der Waals surface area contributed by atoms with Gasteiger partial charge in [-0.25, -0.2) is 18.4 Å². The topological polar surface area (TPSA) is 108 Å². The van der Waals surface area contributed by atoms with E-state index in [0.717, 1.165) is 17.4 Å². The lowest BCUT2D eigenvalue weighted by Gasteiger charge is -2.10. The van der Waals surface area contributed by atoms with Crippen molar-refractivity contribution in [3.63, 3.8) is 0 Å². The summed E-state index contributed by atoms with van der Waals surface area (Å²) in [5.41, 5.74) is 2.72. The van der Waals surface area contributed by atoms with Gasteiger partial charge in [0.25, 0.3) is 0 Å². The second-order valence-corrected chi connectivity index (χ2v) is 8.61. The van der Waals surface area contributed by atoms with Crippen molar-refractivity contribution in [2.75, 3.05) is 6.61 Å². The predicted octanol–water partition coefficient (Wildman–Crippen LogP) is 3.43. The quantitative estimate of drug-likeness (QED) is 0.461. The Morgan fingerprint density at radius 2 is 1.70 bits per heavy atom. The maximum absolute atomic E-state index is 12.7. The van der Waals surface area contributed by atoms with Crippen LogP contribution in [0.5, 0.6) is 0 Å². The van der Waals surface area contributed by atoms with Gasteiger partial charge in [0.2, 0.25) is 15.8 Å². The molecule has 0 bridgehead atoms. The van der Waals surface area contributed by atoms with Crippen molar-refractivity contribution >= 4 is 33.4 Å². The lowest BCUT2D eigenvalue weighted by molar-refractivity contribution is 0.0474. The third kappa shape index (κ3) is 4.46. The van der Waals surface area contributed by atoms with Crippen molar-refractivity contribution in [1.29, 1.82) is 0 Å². The molecule has 1 heterocycles. The predicted molar refractivity (Wildman–Crippen MR) is 113 cm³/mol. The Morgan fingerprint density at radius 3 is 2.33 bits per heavy atom. The summed E-state index contributed by atoms with van der Waals surface area (Å²) in [4.78, 5) is 24.7. The molecule has 7 nitrogen and oxygen atoms in total. The Morgan fingerprint density at radius 1 is 1.03 bits per heavy atom. The fourth-order valence-electron chi connectivity index (χ4n) is 3.14. The summed E-state index contributed by atoms with van der Waals surface area (Å²) in [5.74, 6) is -1.31. The zero-order valence-electron chi connectivity index (χ0n) is 16.3. The van der Waals surface area contributed by atoms with E-state index in [1.165, 1.54) is 12.1 Å². The van der Waals surface area contributed by atoms with Crippen LogP contribution in [-0.4, -0.2) is 31.3 Å². The highest BCUT2D eigenvalue weighted by Crippen LogP contribution is 2.23. The van der Waals surface area contributed by atoms with E-state index in [1.54, 1.807) is 6.07 Å². The molecule has 0 spiro atoms. The van der Waals surface area contributed by atoms with Crippen LogP contribution in [0.15, 0.2) is 59.5 Å². The summed E-state index contributed by atoms with van der Waals surface area (Å²) >= 11 is 5.97. The minimum atomic E-state index is -4.02. The molecule has 1 aromatic heterocycles. The molecule has 0 atom stereocenters. The summed E-state index contributed by atoms with van der Waals surface area (Å²) in [6.07, 6.45) is 0. The number of hydrogen-bond acceptors (Lipinski definition) is 5. The minimum absolute atomic E-state index is 0.0119. The zero-order valence-corrected chi connectivity index (χ0v) is 17.8. The molecule has 3 aromatic rings. The molecule has 0 aliphatic heterocycles. The first-order valence-electron chi connectivity index (χ1n) is 8.86. The molecule has 0 amide bonds. The first-order valence-corrected chi connectivity index (χ1v) is 10.8. The van der Waals surface area contributed by atoms with Crippen LogP contribution in [0.1, 0.15) is 32.1 Å². The van der Waals surface area contributed by atoms with E-state index < -0.39 is 28.4 Å². The minimum Gasteiger partial charge on any atom is -0.454 e. The van der Waals surface area contributed by atoms with Gasteiger partial charge in [0.1, 0.15) is 0 Å². The van der Waals surface area contributed by atoms with Crippen molar-refractivity contribution < 1.29 is 22.7 Å². The zero-order chi connectivity index (χ0) is 22.1. The van der Waals surface area contributed by atoms with Crippen LogP contribution in [0.3, 0.4) is 0 Å². The van der Waals surface area contributed by atoms with Crippen LogP contribution in [-0.2, 0) is 14.8 Å². The monoisotopic (exact) mass is 446 g/mol. The maximum atomic E-state index is 12.7. The Balaban J connectivity index is 1.79. The molecule has 2 N–H and O–H groups in total. The first-order chi connectivity index (χ1) is 14.1. The van der Waals surface area contributed by atoms with Gasteiger partial charge in [0.05, 0.1) is 15.5 Å². The number of carbonyl (C=O) groups is 2. The van der Waals surface area contributed by atoms with Gasteiger partial charge in [-0.15, -0.1) is 0 Å². The SMILES string of the molecule is Cc1cc(C(=O)COC(=O)c2cc(S(N)(=O)=O)ccc2Cl)c(C)n1-c1ccccc1. The molecule has 3 rings (SSSR count). The molecule has 0 unspecified atom stereocenters. The van der Waals surface area contributed by atoms with Crippen molar-refractivity contribution in [1.82, 2.24) is 4.57 Å². The van der Waals surface area contributed by atoms with Gasteiger partial charge in [0.15, 0.2) is 6.61 Å². The van der Waals surface area contributed by atoms with Gasteiger partial charge >= 0.3 is 5.97 Å². The standard InChI is InChI=1S/C21H19ClN2O5S/c1-13-10-17(14(2)24(13)15-6-4-3-5-7-15)20(25)12-29-21(26)18-11-16(30(23,27)28)8-9-19(18)22/h3-11H,12H2,1-2H3,(H2,23,27,28). The van der Waals surface area contributed by atoms with E-state index in [2.05, 4.69) is 0 Å². The third-order valence-electron chi connectivity index (χ3n) is 4.57. The molecule has 0 fully saturated rings. The molecule has 9 heteroatoms. The van der Waals surface area contributed by atoms with Crippen LogP contribution in [0.4, 0.5) is 0 Å². The van der Waals surface area contributed by atoms with Gasteiger partial charge in [-0.3, -0.25) is 4.79 Å². The van der Waals surface area contributed by atoms with E-state index in [9.17, 15) is 18.0 Å². The molecule has 0 radical (unpaired) electrons. The highest BCUT2D eigenvalue weighted by atomic mass is 35.5. The number of primary sulfonamides is 1. The molecule has 2 aromatic carbocycles. The fourth-order valence-corrected chi connectivity index (χ4v) is 3.88. The van der Waals surface area contributed by atoms with E-state index in [1.807, 2.05) is 48.7 Å². The summed E-state index contributed by atoms with van der Waals surface area (Å²) in [6, 6.07) is 14.7. The number of para-hydroxylation sites is 1. The largest absolute Gasteiger partial charge is 0.454 e. The second-order valence-electron chi connectivity index (χ2n) is 6.64. The Labute approximate surface area is 179 Å². The average Bonchev–Trinajstić information content (AvgIpc) is 3.00. The number of carbonyl (C=O) groups excluding carboxylic acids is 2. The number of esters is 1. The normalized spacial score (nSPS) is 11.3. The number of ketones is 1. The molecular weight excluding hydrogens is 428 g/mol. The summed E-state index contributed by atoms with van der Waals surface area (Å²) < 4.78 is 30.0. The third-order valence-corrected chi connectivity index (χ3v) is 5.81. The Kier molecular flexibility index (Phi) is 6.12. The summed E-state index contributed by atoms with van der Waals surface area (Å²) in [6.45, 7) is 3.16. The lowest BCUT2D eigenvalue weighted by Crippen LogP contribution is -2.17. The Hall–Kier alpha value is -2.94. The van der Waals surface area contributed by atoms with Crippen molar-refractivity contribution in [3.05, 3.63) is 82.1 Å². The smallest absolute Gasteiger partial charge is 0.340 e. The summed E-state index contributed by atoms with van der Waals surface area (Å²) in [7, 11) is -4.02. The first kappa shape index (κ1) is 21.8. The molecular formula is C21H19ClN2O5S. The van der Waals surface area contributed by atoms with E-state index in [0.29, 0.717) is 11.3 Å². The summed E-state index contributed by atoms with van der Waals surface area (Å²) in [5, 5.41) is 5.06. The molecule has 0 saturated heterocycles. The molecule has 30 heavy (non-hydrogen) atoms. The van der Waals surface area contributed by atoms with Crippen LogP contribution >= 0.6 is 11.6 Å². The highest BCUT2D eigenvalue weighted by Gasteiger charge is 2.21. The van der Waals surface area contributed by atoms with E-state index >= 15 is 0 Å². The number of hydrogen-bond donors (Lipinski definition) is 1. The van der Waals surface area contributed by atoms with Crippen LogP contribution in [0.25, 0.3) is 5.69 Å². The van der Waals surface area contributed by atoms with Crippen LogP contribution < -0.4 is 5.14 Å². The number of nitrogens with two attached hydrogens (primary N) is 1. The second kappa shape index (κ2) is 8.43. The van der Waals surface area contributed by atoms with E-state index in [-0.39, 0.29) is 15.5 Å². The van der Waals surface area contributed by atoms with Crippen molar-refractivity contribution in [3.8, 4) is 5.69 Å². The van der Waals surface area contributed by atoms with Crippen molar-refractivity contribution in [2.24, 2.45) is 5.14 Å². The number of sulfonamides is 1. The molecule has 0 saturated carbocycles. The number of rotatable bonds is 6. The molecule has 0 aliphatic rings. The molecule has 0 aliphatic carbocycles. The number of Topliss-reactive ketones (excluding diaryl/α,β-unsaturated/α-hetero) is 1. The van der Waals surface area contributed by atoms with Gasteiger partial charge < -0.3 is 9.30 Å².